The first kappa shape index (κ1) is 88.1. The van der Waals surface area contributed by atoms with Crippen LogP contribution in [0.4, 0.5) is 17.1 Å². The molecule has 4 aliphatic heterocycles. The Morgan fingerprint density at radius 1 is 0.426 bits per heavy atom. The van der Waals surface area contributed by atoms with Gasteiger partial charge in [-0.3, -0.25) is 63.4 Å². The molecule has 0 saturated carbocycles. The lowest BCUT2D eigenvalue weighted by atomic mass is 9.80. The summed E-state index contributed by atoms with van der Waals surface area (Å²) in [5.74, 6) is -0.841. The van der Waals surface area contributed by atoms with Gasteiger partial charge in [-0.25, -0.2) is 0 Å². The first-order chi connectivity index (χ1) is 55.1. The van der Waals surface area contributed by atoms with Crippen molar-refractivity contribution in [2.45, 2.75) is 78.6 Å². The van der Waals surface area contributed by atoms with E-state index in [0.717, 1.165) is 118 Å². The highest BCUT2D eigenvalue weighted by Crippen LogP contribution is 2.32. The van der Waals surface area contributed by atoms with Gasteiger partial charge >= 0.3 is 25.0 Å². The van der Waals surface area contributed by atoms with Crippen LogP contribution in [-0.2, 0) is 78.3 Å². The van der Waals surface area contributed by atoms with Gasteiger partial charge in [0.05, 0.1) is 29.7 Å². The highest BCUT2D eigenvalue weighted by Gasteiger charge is 2.30. The second-order valence-electron chi connectivity index (χ2n) is 26.7. The van der Waals surface area contributed by atoms with Gasteiger partial charge < -0.3 is 50.0 Å². The van der Waals surface area contributed by atoms with Gasteiger partial charge in [-0.1, -0.05) is 124 Å². The summed E-state index contributed by atoms with van der Waals surface area (Å²) in [7, 11) is -1.58. The van der Waals surface area contributed by atoms with E-state index in [1.165, 1.54) is 62.9 Å². The molecule has 0 fully saturated rings. The fourth-order valence-corrected chi connectivity index (χ4v) is 14.7. The lowest BCUT2D eigenvalue weighted by Crippen LogP contribution is -2.41. The molecule has 30 heteroatoms. The van der Waals surface area contributed by atoms with Crippen molar-refractivity contribution in [2.75, 3.05) is 71.4 Å². The van der Waals surface area contributed by atoms with Crippen molar-refractivity contribution < 1.29 is 77.3 Å². The molecule has 4 amide bonds. The zero-order valence-corrected chi connectivity index (χ0v) is 69.4. The molecular weight excluding hydrogens is 1740 g/mol. The number of amides is 4. The fraction of sp³-hybridized carbons (Fsp3) is 0.259. The monoisotopic (exact) mass is 1820 g/mol. The van der Waals surface area contributed by atoms with E-state index in [0.29, 0.717) is 81.0 Å². The van der Waals surface area contributed by atoms with Crippen molar-refractivity contribution >= 4 is 146 Å². The summed E-state index contributed by atoms with van der Waals surface area (Å²) in [6.45, 7) is 8.46. The van der Waals surface area contributed by atoms with Gasteiger partial charge in [0.15, 0.2) is 5.78 Å². The number of rotatable bonds is 14. The van der Waals surface area contributed by atoms with E-state index in [2.05, 4.69) is 75.1 Å². The number of nitro benzene ring substituents is 2. The van der Waals surface area contributed by atoms with Gasteiger partial charge in [0, 0.05) is 121 Å². The summed E-state index contributed by atoms with van der Waals surface area (Å²) in [4.78, 5) is 130. The Labute approximate surface area is 697 Å². The second kappa shape index (κ2) is 42.5. The SMILES string of the molecule is CCOC(=O)CN1CCc2cc(-c3ccc(N)cc3)ccc2C1=O.CCOC(=O)CN1CCc2cc(-c3ccc([N+](=O)[O-])cc3)ccc2C1=O.CCOC(=O)CN1CCc2cc(Br)ccc2C1=O.O=C1CCc2cc(Br)ccc21.O=C1CCc2cc(Br)ccc2C1.O=C1NCCc2cc(Br)ccc21.O=[N+]([O-])c1ccc(B(O)O)cc1. The summed E-state index contributed by atoms with van der Waals surface area (Å²) in [5.41, 5.74) is 21.9. The standard InChI is InChI=1S/C19H18N2O5.C19H20N2O3.C13H14BrNO3.C10H9BrO.C9H8BrNO.C9H7BrO.C6H6BNO4/c1-2-26-18(22)12-20-10-9-15-11-14(5-8-17(15)19(20)23)13-3-6-16(7-4-13)21(24)25;1-2-24-18(22)12-21-10-9-15-11-14(5-8-17(15)19(21)23)13-3-6-16(20)7-4-13;1-2-18-12(16)8-15-6-5-9-7-10(14)3-4-11(9)13(15)17;11-9-3-1-8-6-10(12)4-2-7(8)5-9;10-7-1-2-8-6(5-7)3-4-11-9(8)12;10-7-2-3-8-6(5-7)1-4-9(8)11;9-7(10)5-1-3-6(4-2-5)8(11)12/h3-8,11H,2,9-10,12H2,1H3;3-8,11H,2,9-10,12,20H2,1H3;3-4,7H,2,5-6,8H2,1H3;1,3,5H,2,4,6H2;1-2,5H,3-4H2,(H,11,12);2-3,5H,1,4H2;1-4,9-10H. The molecule has 4 heterocycles. The maximum absolute atomic E-state index is 12.6. The molecule has 0 saturated heterocycles. The fourth-order valence-electron chi connectivity index (χ4n) is 13.1. The topological polar surface area (TPSA) is 356 Å². The summed E-state index contributed by atoms with van der Waals surface area (Å²) in [5, 5.41) is 41.0. The van der Waals surface area contributed by atoms with Crippen LogP contribution in [0, 0.1) is 20.2 Å². The minimum Gasteiger partial charge on any atom is -0.465 e. The molecule has 115 heavy (non-hydrogen) atoms. The van der Waals surface area contributed by atoms with Gasteiger partial charge in [-0.05, 0) is 223 Å². The Hall–Kier alpha value is -10.9. The van der Waals surface area contributed by atoms with Crippen LogP contribution in [0.3, 0.4) is 0 Å². The maximum atomic E-state index is 12.6. The van der Waals surface area contributed by atoms with Crippen LogP contribution in [-0.4, -0.2) is 160 Å². The van der Waals surface area contributed by atoms with Crippen molar-refractivity contribution in [3.63, 3.8) is 0 Å². The molecule has 0 spiro atoms. The van der Waals surface area contributed by atoms with E-state index in [9.17, 15) is 63.4 Å². The molecule has 0 atom stereocenters. The molecule has 0 unspecified atom stereocenters. The summed E-state index contributed by atoms with van der Waals surface area (Å²) < 4.78 is 18.9. The summed E-state index contributed by atoms with van der Waals surface area (Å²) in [6, 6.07) is 53.6. The van der Waals surface area contributed by atoms with Crippen molar-refractivity contribution in [3.8, 4) is 22.3 Å². The van der Waals surface area contributed by atoms with Crippen LogP contribution < -0.4 is 16.5 Å². The number of non-ortho nitro benzene ring substituents is 2. The number of nitrogens with two attached hydrogens (primary N) is 1. The smallest absolute Gasteiger partial charge is 0.465 e. The largest absolute Gasteiger partial charge is 0.488 e. The Morgan fingerprint density at radius 3 is 1.22 bits per heavy atom. The molecule has 25 nitrogen and oxygen atoms in total. The number of ether oxygens (including phenoxy) is 3. The third kappa shape index (κ3) is 25.1. The lowest BCUT2D eigenvalue weighted by Gasteiger charge is -2.28. The van der Waals surface area contributed by atoms with Gasteiger partial charge in [-0.2, -0.15) is 0 Å². The van der Waals surface area contributed by atoms with Crippen LogP contribution in [0.15, 0.2) is 200 Å². The van der Waals surface area contributed by atoms with E-state index in [1.807, 2.05) is 115 Å². The van der Waals surface area contributed by atoms with Crippen molar-refractivity contribution in [1.29, 1.82) is 0 Å². The third-order valence-electron chi connectivity index (χ3n) is 18.9. The number of fused-ring (bicyclic) bond motifs is 6. The minimum atomic E-state index is -1.58. The maximum Gasteiger partial charge on any atom is 0.488 e. The van der Waals surface area contributed by atoms with Gasteiger partial charge in [0.25, 0.3) is 35.0 Å². The second-order valence-corrected chi connectivity index (χ2v) is 30.4. The molecule has 0 bridgehead atoms. The van der Waals surface area contributed by atoms with Crippen LogP contribution in [0.2, 0.25) is 0 Å². The number of anilines is 1. The first-order valence-corrected chi connectivity index (χ1v) is 40.0. The Morgan fingerprint density at radius 2 is 0.783 bits per heavy atom. The van der Waals surface area contributed by atoms with Gasteiger partial charge in [-0.15, -0.1) is 0 Å². The number of hydrogen-bond acceptors (Lipinski definition) is 19. The Bertz CT molecular complexity index is 5110. The molecule has 5 N–H and O–H groups in total. The lowest BCUT2D eigenvalue weighted by molar-refractivity contribution is -0.385. The number of carbonyl (C=O) groups is 9. The number of carbonyl (C=O) groups excluding carboxylic acids is 9. The number of esters is 3. The number of nitrogen functional groups attached to an aromatic ring is 1. The van der Waals surface area contributed by atoms with Crippen LogP contribution >= 0.6 is 63.7 Å². The number of Topliss-reactive ketones (excluding diaryl/α,β-unsaturated/α-hetero) is 2. The molecule has 9 aromatic rings. The molecule has 596 valence electrons. The normalized spacial score (nSPS) is 13.8. The quantitative estimate of drug-likeness (QED) is 0.0196. The van der Waals surface area contributed by atoms with E-state index in [1.54, 1.807) is 49.9 Å². The minimum absolute atomic E-state index is 0.00578. The number of nitrogens with zero attached hydrogens (tertiary/aromatic N) is 5. The number of ketones is 2. The molecule has 0 radical (unpaired) electrons. The van der Waals surface area contributed by atoms with E-state index in [-0.39, 0.29) is 84.4 Å². The predicted molar refractivity (Wildman–Crippen MR) is 449 cm³/mol. The van der Waals surface area contributed by atoms with Crippen LogP contribution in [0.5, 0.6) is 0 Å². The summed E-state index contributed by atoms with van der Waals surface area (Å²) >= 11 is 13.6. The zero-order valence-electron chi connectivity index (χ0n) is 63.1. The van der Waals surface area contributed by atoms with Crippen molar-refractivity contribution in [2.24, 2.45) is 0 Å². The Kier molecular flexibility index (Phi) is 32.5. The molecule has 2 aliphatic carbocycles. The molecule has 15 rings (SSSR count). The number of benzene rings is 9. The van der Waals surface area contributed by atoms with Crippen LogP contribution in [0.1, 0.15) is 124 Å². The average molecular weight is 1820 g/mol. The van der Waals surface area contributed by atoms with E-state index in [4.69, 9.17) is 30.0 Å². The number of nitro groups is 2. The van der Waals surface area contributed by atoms with Gasteiger partial charge in [0.2, 0.25) is 0 Å². The van der Waals surface area contributed by atoms with Crippen molar-refractivity contribution in [3.05, 3.63) is 287 Å². The van der Waals surface area contributed by atoms with E-state index >= 15 is 0 Å². The summed E-state index contributed by atoms with van der Waals surface area (Å²) in [6.07, 6.45) is 6.91. The first-order valence-electron chi connectivity index (χ1n) is 36.9. The molecule has 9 aromatic carbocycles. The molecular formula is C85H82BBr4N7O18. The Balaban J connectivity index is 0.000000158. The highest BCUT2D eigenvalue weighted by molar-refractivity contribution is 9.11. The third-order valence-corrected chi connectivity index (χ3v) is 20.9. The number of nitrogens with one attached hydrogen (secondary N) is 1. The van der Waals surface area contributed by atoms with Crippen LogP contribution in [0.25, 0.3) is 22.3 Å². The van der Waals surface area contributed by atoms with E-state index < -0.39 is 22.9 Å². The van der Waals surface area contributed by atoms with Crippen molar-refractivity contribution in [1.82, 2.24) is 20.0 Å². The average Bonchev–Trinajstić information content (AvgIpc) is 1.71. The highest BCUT2D eigenvalue weighted by atomic mass is 79.9. The number of halogens is 4. The zero-order chi connectivity index (χ0) is 83.0. The number of aryl methyl sites for hydroxylation is 2. The molecule has 0 aromatic heterocycles. The predicted octanol–water partition coefficient (Wildman–Crippen LogP) is 13.4. The number of hydrogen-bond donors (Lipinski definition) is 4. The van der Waals surface area contributed by atoms with Gasteiger partial charge in [0.1, 0.15) is 25.4 Å². The molecule has 6 aliphatic rings.